The summed E-state index contributed by atoms with van der Waals surface area (Å²) in [4.78, 5) is 17.8. The van der Waals surface area contributed by atoms with Crippen LogP contribution in [0.15, 0.2) is 30.7 Å². The van der Waals surface area contributed by atoms with Crippen molar-refractivity contribution >= 4 is 11.5 Å². The van der Waals surface area contributed by atoms with Gasteiger partial charge in [-0.3, -0.25) is 10.1 Å². The molecular formula is C12H10N4O4. The highest BCUT2D eigenvalue weighted by Gasteiger charge is 2.16. The van der Waals surface area contributed by atoms with Crippen molar-refractivity contribution in [1.82, 2.24) is 9.97 Å². The Kier molecular flexibility index (Phi) is 3.04. The van der Waals surface area contributed by atoms with Crippen LogP contribution in [0.25, 0.3) is 0 Å². The first-order valence-electron chi connectivity index (χ1n) is 5.81. The van der Waals surface area contributed by atoms with E-state index in [1.165, 1.54) is 6.33 Å². The van der Waals surface area contributed by atoms with E-state index in [1.54, 1.807) is 6.07 Å². The highest BCUT2D eigenvalue weighted by molar-refractivity contribution is 5.54. The fraction of sp³-hybridized carbons (Fsp3) is 0.167. The maximum Gasteiger partial charge on any atom is 0.329 e. The molecule has 0 atom stereocenters. The number of nitro groups is 1. The van der Waals surface area contributed by atoms with Gasteiger partial charge in [0.2, 0.25) is 12.6 Å². The highest BCUT2D eigenvalue weighted by atomic mass is 16.7. The summed E-state index contributed by atoms with van der Waals surface area (Å²) >= 11 is 0. The van der Waals surface area contributed by atoms with Gasteiger partial charge in [0.1, 0.15) is 12.5 Å². The number of benzene rings is 1. The number of hydrogen-bond donors (Lipinski definition) is 1. The van der Waals surface area contributed by atoms with Crippen LogP contribution in [0.4, 0.5) is 11.5 Å². The summed E-state index contributed by atoms with van der Waals surface area (Å²) in [6.45, 7) is 0.595. The first-order valence-corrected chi connectivity index (χ1v) is 5.81. The van der Waals surface area contributed by atoms with E-state index in [2.05, 4.69) is 15.3 Å². The van der Waals surface area contributed by atoms with Crippen molar-refractivity contribution < 1.29 is 14.4 Å². The molecule has 1 aromatic heterocycles. The molecule has 0 aliphatic carbocycles. The van der Waals surface area contributed by atoms with Gasteiger partial charge in [0.25, 0.3) is 0 Å². The number of nitrogens with one attached hydrogen (secondary N) is 1. The number of anilines is 1. The molecule has 0 saturated carbocycles. The summed E-state index contributed by atoms with van der Waals surface area (Å²) in [5, 5.41) is 13.7. The molecule has 20 heavy (non-hydrogen) atoms. The summed E-state index contributed by atoms with van der Waals surface area (Å²) in [6, 6.07) is 5.48. The Morgan fingerprint density at radius 2 is 2.20 bits per heavy atom. The molecule has 0 amide bonds. The molecule has 2 heterocycles. The van der Waals surface area contributed by atoms with Crippen LogP contribution in [-0.4, -0.2) is 21.7 Å². The molecule has 1 N–H and O–H groups in total. The lowest BCUT2D eigenvalue weighted by atomic mass is 10.2. The van der Waals surface area contributed by atoms with E-state index in [0.717, 1.165) is 11.8 Å². The van der Waals surface area contributed by atoms with Crippen LogP contribution in [0.3, 0.4) is 0 Å². The van der Waals surface area contributed by atoms with Gasteiger partial charge in [0, 0.05) is 6.54 Å². The first-order chi connectivity index (χ1) is 9.74. The average molecular weight is 274 g/mol. The molecule has 3 rings (SSSR count). The number of aromatic nitrogens is 2. The van der Waals surface area contributed by atoms with Crippen LogP contribution in [-0.2, 0) is 6.54 Å². The van der Waals surface area contributed by atoms with Crippen molar-refractivity contribution in [3.05, 3.63) is 46.4 Å². The van der Waals surface area contributed by atoms with Crippen LogP contribution in [0.5, 0.6) is 11.5 Å². The third kappa shape index (κ3) is 2.30. The van der Waals surface area contributed by atoms with E-state index in [9.17, 15) is 10.1 Å². The van der Waals surface area contributed by atoms with Gasteiger partial charge in [-0.25, -0.2) is 9.97 Å². The molecule has 1 aromatic carbocycles. The summed E-state index contributed by atoms with van der Waals surface area (Å²) < 4.78 is 10.5. The second kappa shape index (κ2) is 5.00. The van der Waals surface area contributed by atoms with Crippen LogP contribution in [0.2, 0.25) is 0 Å². The van der Waals surface area contributed by atoms with Crippen molar-refractivity contribution in [3.63, 3.8) is 0 Å². The minimum absolute atomic E-state index is 0.159. The maximum absolute atomic E-state index is 10.8. The molecule has 0 spiro atoms. The molecule has 2 aromatic rings. The van der Waals surface area contributed by atoms with E-state index in [0.29, 0.717) is 18.0 Å². The normalized spacial score (nSPS) is 12.2. The zero-order chi connectivity index (χ0) is 13.9. The summed E-state index contributed by atoms with van der Waals surface area (Å²) in [5.74, 6) is 1.55. The quantitative estimate of drug-likeness (QED) is 0.669. The Bertz CT molecular complexity index is 662. The summed E-state index contributed by atoms with van der Waals surface area (Å²) in [7, 11) is 0. The SMILES string of the molecule is O=[N+]([O-])c1cncnc1NCc1ccc2c(c1)OCO2. The Morgan fingerprint density at radius 1 is 1.35 bits per heavy atom. The molecule has 0 radical (unpaired) electrons. The second-order valence-electron chi connectivity index (χ2n) is 4.05. The van der Waals surface area contributed by atoms with Gasteiger partial charge in [0.15, 0.2) is 11.5 Å². The van der Waals surface area contributed by atoms with Gasteiger partial charge in [-0.05, 0) is 17.7 Å². The van der Waals surface area contributed by atoms with Gasteiger partial charge in [-0.15, -0.1) is 0 Å². The largest absolute Gasteiger partial charge is 0.454 e. The van der Waals surface area contributed by atoms with Crippen LogP contribution in [0.1, 0.15) is 5.56 Å². The predicted molar refractivity (Wildman–Crippen MR) is 68.6 cm³/mol. The monoisotopic (exact) mass is 274 g/mol. The molecule has 0 bridgehead atoms. The highest BCUT2D eigenvalue weighted by Crippen LogP contribution is 2.32. The minimum atomic E-state index is -0.526. The lowest BCUT2D eigenvalue weighted by Crippen LogP contribution is -2.05. The molecule has 0 fully saturated rings. The smallest absolute Gasteiger partial charge is 0.329 e. The minimum Gasteiger partial charge on any atom is -0.454 e. The van der Waals surface area contributed by atoms with Crippen molar-refractivity contribution in [2.45, 2.75) is 6.54 Å². The Balaban J connectivity index is 1.75. The zero-order valence-corrected chi connectivity index (χ0v) is 10.3. The Labute approximate surface area is 113 Å². The average Bonchev–Trinajstić information content (AvgIpc) is 2.92. The van der Waals surface area contributed by atoms with Gasteiger partial charge in [-0.1, -0.05) is 6.07 Å². The van der Waals surface area contributed by atoms with E-state index < -0.39 is 4.92 Å². The van der Waals surface area contributed by atoms with E-state index >= 15 is 0 Å². The molecule has 0 unspecified atom stereocenters. The molecule has 102 valence electrons. The van der Waals surface area contributed by atoms with Gasteiger partial charge < -0.3 is 14.8 Å². The molecule has 8 nitrogen and oxygen atoms in total. The molecule has 1 aliphatic rings. The van der Waals surface area contributed by atoms with Crippen molar-refractivity contribution in [2.75, 3.05) is 12.1 Å². The third-order valence-electron chi connectivity index (χ3n) is 2.79. The maximum atomic E-state index is 10.8. The molecular weight excluding hydrogens is 264 g/mol. The lowest BCUT2D eigenvalue weighted by molar-refractivity contribution is -0.384. The summed E-state index contributed by atoms with van der Waals surface area (Å²) in [6.07, 6.45) is 2.42. The number of rotatable bonds is 4. The van der Waals surface area contributed by atoms with E-state index in [1.807, 2.05) is 12.1 Å². The van der Waals surface area contributed by atoms with Gasteiger partial charge in [0.05, 0.1) is 4.92 Å². The van der Waals surface area contributed by atoms with Gasteiger partial charge in [-0.2, -0.15) is 0 Å². The number of hydrogen-bond acceptors (Lipinski definition) is 7. The summed E-state index contributed by atoms with van der Waals surface area (Å²) in [5.41, 5.74) is 0.746. The number of nitrogens with zero attached hydrogens (tertiary/aromatic N) is 3. The van der Waals surface area contributed by atoms with E-state index in [4.69, 9.17) is 9.47 Å². The third-order valence-corrected chi connectivity index (χ3v) is 2.79. The Morgan fingerprint density at radius 3 is 3.05 bits per heavy atom. The standard InChI is InChI=1S/C12H10N4O4/c17-16(18)9-5-13-6-15-12(9)14-4-8-1-2-10-11(3-8)20-7-19-10/h1-3,5-6H,4,7H2,(H,13,14,15). The predicted octanol–water partition coefficient (Wildman–Crippen LogP) is 1.73. The van der Waals surface area contributed by atoms with Crippen molar-refractivity contribution in [2.24, 2.45) is 0 Å². The topological polar surface area (TPSA) is 99.4 Å². The molecule has 1 aliphatic heterocycles. The zero-order valence-electron chi connectivity index (χ0n) is 10.3. The van der Waals surface area contributed by atoms with Crippen LogP contribution < -0.4 is 14.8 Å². The van der Waals surface area contributed by atoms with Gasteiger partial charge >= 0.3 is 5.69 Å². The molecule has 0 saturated heterocycles. The van der Waals surface area contributed by atoms with Crippen LogP contribution in [0, 0.1) is 10.1 Å². The second-order valence-corrected chi connectivity index (χ2v) is 4.05. The van der Waals surface area contributed by atoms with Crippen molar-refractivity contribution in [1.29, 1.82) is 0 Å². The fourth-order valence-electron chi connectivity index (χ4n) is 1.83. The lowest BCUT2D eigenvalue weighted by Gasteiger charge is -2.06. The van der Waals surface area contributed by atoms with Crippen molar-refractivity contribution in [3.8, 4) is 11.5 Å². The number of fused-ring (bicyclic) bond motifs is 1. The van der Waals surface area contributed by atoms with E-state index in [-0.39, 0.29) is 18.3 Å². The number of ether oxygens (including phenoxy) is 2. The Hall–Kier alpha value is -2.90. The van der Waals surface area contributed by atoms with Crippen LogP contribution >= 0.6 is 0 Å². The first kappa shape index (κ1) is 12.2. The fourth-order valence-corrected chi connectivity index (χ4v) is 1.83. The molecule has 8 heteroatoms.